The molecule has 0 atom stereocenters. The largest absolute Gasteiger partial charge is 0.497 e. The van der Waals surface area contributed by atoms with Crippen LogP contribution in [-0.2, 0) is 11.3 Å². The molecule has 0 aliphatic carbocycles. The molecule has 2 aromatic rings. The van der Waals surface area contributed by atoms with E-state index in [1.807, 2.05) is 30.3 Å². The summed E-state index contributed by atoms with van der Waals surface area (Å²) in [5, 5.41) is 0. The first-order valence-electron chi connectivity index (χ1n) is 9.56. The lowest BCUT2D eigenvalue weighted by Gasteiger charge is -2.34. The Morgan fingerprint density at radius 3 is 2.30 bits per heavy atom. The number of carbonyl (C=O) groups excluding carboxylic acids is 1. The van der Waals surface area contributed by atoms with Gasteiger partial charge in [0.1, 0.15) is 5.75 Å². The Bertz CT molecular complexity index is 733. The minimum atomic E-state index is 0.178. The summed E-state index contributed by atoms with van der Waals surface area (Å²) in [6, 6.07) is 18.3. The molecule has 1 aliphatic rings. The normalized spacial score (nSPS) is 15.9. The summed E-state index contributed by atoms with van der Waals surface area (Å²) in [6.07, 6.45) is 4.14. The molecule has 0 unspecified atom stereocenters. The minimum absolute atomic E-state index is 0.178. The van der Waals surface area contributed by atoms with Crippen molar-refractivity contribution in [3.8, 4) is 5.75 Å². The summed E-state index contributed by atoms with van der Waals surface area (Å²) >= 11 is 0. The van der Waals surface area contributed by atoms with Gasteiger partial charge in [-0.05, 0) is 29.3 Å². The minimum Gasteiger partial charge on any atom is -0.497 e. The van der Waals surface area contributed by atoms with Crippen molar-refractivity contribution in [1.82, 2.24) is 9.80 Å². The van der Waals surface area contributed by atoms with Gasteiger partial charge in [0.2, 0.25) is 0 Å². The van der Waals surface area contributed by atoms with Crippen LogP contribution < -0.4 is 4.74 Å². The van der Waals surface area contributed by atoms with Crippen molar-refractivity contribution in [3.05, 3.63) is 71.8 Å². The van der Waals surface area contributed by atoms with Crippen molar-refractivity contribution in [2.75, 3.05) is 39.8 Å². The first-order valence-corrected chi connectivity index (χ1v) is 9.56. The Morgan fingerprint density at radius 1 is 0.963 bits per heavy atom. The van der Waals surface area contributed by atoms with Crippen LogP contribution >= 0.6 is 0 Å². The molecule has 0 saturated carbocycles. The van der Waals surface area contributed by atoms with Crippen LogP contribution in [0.25, 0.3) is 6.08 Å². The zero-order chi connectivity index (χ0) is 18.9. The maximum Gasteiger partial charge on any atom is 0.156 e. The number of hydrogen-bond acceptors (Lipinski definition) is 4. The Hall–Kier alpha value is -2.43. The predicted molar refractivity (Wildman–Crippen MR) is 110 cm³/mol. The third-order valence-corrected chi connectivity index (χ3v) is 4.97. The van der Waals surface area contributed by atoms with Crippen LogP contribution in [0.5, 0.6) is 5.75 Å². The molecule has 142 valence electrons. The summed E-state index contributed by atoms with van der Waals surface area (Å²) in [4.78, 5) is 17.0. The number of nitrogens with zero attached hydrogens (tertiary/aromatic N) is 2. The summed E-state index contributed by atoms with van der Waals surface area (Å²) in [5.41, 5.74) is 2.38. The van der Waals surface area contributed by atoms with E-state index < -0.39 is 0 Å². The van der Waals surface area contributed by atoms with Gasteiger partial charge in [-0.3, -0.25) is 9.69 Å². The van der Waals surface area contributed by atoms with Crippen LogP contribution in [0.2, 0.25) is 0 Å². The number of hydrogen-bond donors (Lipinski definition) is 0. The van der Waals surface area contributed by atoms with Crippen LogP contribution in [0.15, 0.2) is 60.7 Å². The van der Waals surface area contributed by atoms with E-state index >= 15 is 0 Å². The monoisotopic (exact) mass is 364 g/mol. The third-order valence-electron chi connectivity index (χ3n) is 4.97. The number of carbonyl (C=O) groups is 1. The molecule has 1 fully saturated rings. The van der Waals surface area contributed by atoms with Crippen LogP contribution in [0, 0.1) is 0 Å². The number of methoxy groups -OCH3 is 1. The van der Waals surface area contributed by atoms with Crippen molar-refractivity contribution >= 4 is 11.9 Å². The lowest BCUT2D eigenvalue weighted by Crippen LogP contribution is -2.46. The lowest BCUT2D eigenvalue weighted by atomic mass is 10.1. The molecule has 4 nitrogen and oxygen atoms in total. The Morgan fingerprint density at radius 2 is 1.63 bits per heavy atom. The molecule has 3 rings (SSSR count). The maximum absolute atomic E-state index is 12.1. The standard InChI is InChI=1S/C23H28N2O2/c1-27-23-11-8-20(9-12-23)7-10-22(26)13-14-24-15-17-25(18-16-24)19-21-5-3-2-4-6-21/h2-12H,13-19H2,1H3/b10-7-. The Balaban J connectivity index is 1.36. The van der Waals surface area contributed by atoms with Gasteiger partial charge in [-0.25, -0.2) is 0 Å². The highest BCUT2D eigenvalue weighted by molar-refractivity contribution is 5.93. The van der Waals surface area contributed by atoms with Gasteiger partial charge in [-0.15, -0.1) is 0 Å². The van der Waals surface area contributed by atoms with Crippen LogP contribution in [0.4, 0.5) is 0 Å². The molecule has 27 heavy (non-hydrogen) atoms. The molecule has 0 N–H and O–H groups in total. The van der Waals surface area contributed by atoms with Gasteiger partial charge in [-0.2, -0.15) is 0 Å². The zero-order valence-corrected chi connectivity index (χ0v) is 16.0. The van der Waals surface area contributed by atoms with Crippen molar-refractivity contribution in [2.45, 2.75) is 13.0 Å². The van der Waals surface area contributed by atoms with Crippen LogP contribution in [0.3, 0.4) is 0 Å². The van der Waals surface area contributed by atoms with Gasteiger partial charge in [0.05, 0.1) is 7.11 Å². The molecule has 0 aromatic heterocycles. The molecule has 0 spiro atoms. The Kier molecular flexibility index (Phi) is 7.19. The summed E-state index contributed by atoms with van der Waals surface area (Å²) < 4.78 is 5.14. The number of benzene rings is 2. The van der Waals surface area contributed by atoms with E-state index in [9.17, 15) is 4.79 Å². The van der Waals surface area contributed by atoms with E-state index in [1.165, 1.54) is 5.56 Å². The number of allylic oxidation sites excluding steroid dienone is 1. The topological polar surface area (TPSA) is 32.8 Å². The molecule has 2 aromatic carbocycles. The van der Waals surface area contributed by atoms with E-state index in [2.05, 4.69) is 40.1 Å². The zero-order valence-electron chi connectivity index (χ0n) is 16.0. The first kappa shape index (κ1) is 19.3. The van der Waals surface area contributed by atoms with Gasteiger partial charge >= 0.3 is 0 Å². The molecular weight excluding hydrogens is 336 g/mol. The molecule has 0 bridgehead atoms. The van der Waals surface area contributed by atoms with E-state index in [-0.39, 0.29) is 5.78 Å². The SMILES string of the molecule is COc1ccc(/C=C\C(=O)CCN2CCN(Cc3ccccc3)CC2)cc1. The quantitative estimate of drug-likeness (QED) is 0.672. The van der Waals surface area contributed by atoms with Crippen molar-refractivity contribution in [3.63, 3.8) is 0 Å². The van der Waals surface area contributed by atoms with Gasteiger partial charge in [0.15, 0.2) is 5.78 Å². The van der Waals surface area contributed by atoms with Gasteiger partial charge in [0, 0.05) is 45.7 Å². The first-order chi connectivity index (χ1) is 13.2. The van der Waals surface area contributed by atoms with Gasteiger partial charge < -0.3 is 9.64 Å². The maximum atomic E-state index is 12.1. The smallest absolute Gasteiger partial charge is 0.156 e. The molecule has 0 radical (unpaired) electrons. The summed E-state index contributed by atoms with van der Waals surface area (Å²) in [7, 11) is 1.65. The third kappa shape index (κ3) is 6.35. The highest BCUT2D eigenvalue weighted by atomic mass is 16.5. The molecule has 0 amide bonds. The number of ketones is 1. The van der Waals surface area contributed by atoms with E-state index in [4.69, 9.17) is 4.74 Å². The fourth-order valence-electron chi connectivity index (χ4n) is 3.27. The molecule has 1 saturated heterocycles. The molecule has 1 heterocycles. The Labute approximate surface area is 162 Å². The predicted octanol–water partition coefficient (Wildman–Crippen LogP) is 3.49. The number of ether oxygens (including phenoxy) is 1. The second-order valence-electron chi connectivity index (χ2n) is 6.93. The van der Waals surface area contributed by atoms with Crippen LogP contribution in [-0.4, -0.2) is 55.4 Å². The summed E-state index contributed by atoms with van der Waals surface area (Å²) in [6.45, 7) is 6.03. The van der Waals surface area contributed by atoms with Crippen molar-refractivity contribution in [1.29, 1.82) is 0 Å². The fraction of sp³-hybridized carbons (Fsp3) is 0.348. The van der Waals surface area contributed by atoms with Crippen molar-refractivity contribution in [2.24, 2.45) is 0 Å². The second-order valence-corrected chi connectivity index (χ2v) is 6.93. The molecule has 1 aliphatic heterocycles. The van der Waals surface area contributed by atoms with Gasteiger partial charge in [-0.1, -0.05) is 48.5 Å². The van der Waals surface area contributed by atoms with E-state index in [0.29, 0.717) is 6.42 Å². The van der Waals surface area contributed by atoms with Crippen molar-refractivity contribution < 1.29 is 9.53 Å². The fourth-order valence-corrected chi connectivity index (χ4v) is 3.27. The van der Waals surface area contributed by atoms with Gasteiger partial charge in [0.25, 0.3) is 0 Å². The lowest BCUT2D eigenvalue weighted by molar-refractivity contribution is -0.114. The molecular formula is C23H28N2O2. The number of piperazine rings is 1. The average molecular weight is 364 g/mol. The van der Waals surface area contributed by atoms with E-state index in [0.717, 1.165) is 50.6 Å². The highest BCUT2D eigenvalue weighted by Crippen LogP contribution is 2.13. The number of rotatable bonds is 8. The molecule has 4 heteroatoms. The van der Waals surface area contributed by atoms with E-state index in [1.54, 1.807) is 13.2 Å². The van der Waals surface area contributed by atoms with Crippen LogP contribution in [0.1, 0.15) is 17.5 Å². The average Bonchev–Trinajstić information content (AvgIpc) is 2.73. The second kappa shape index (κ2) is 10.0. The summed E-state index contributed by atoms with van der Waals surface area (Å²) in [5.74, 6) is 1.00. The highest BCUT2D eigenvalue weighted by Gasteiger charge is 2.17.